The number of anilines is 2. The summed E-state index contributed by atoms with van der Waals surface area (Å²) >= 11 is 0. The molecule has 40 heavy (non-hydrogen) atoms. The minimum Gasteiger partial charge on any atom is -0.381 e. The number of ether oxygens (including phenoxy) is 1. The van der Waals surface area contributed by atoms with Crippen molar-refractivity contribution in [3.8, 4) is 11.4 Å². The summed E-state index contributed by atoms with van der Waals surface area (Å²) in [6, 6.07) is 11.2. The molecule has 2 aromatic carbocycles. The molecule has 0 amide bonds. The van der Waals surface area contributed by atoms with Crippen molar-refractivity contribution in [3.63, 3.8) is 0 Å². The fourth-order valence-corrected chi connectivity index (χ4v) is 6.63. The first-order valence-electron chi connectivity index (χ1n) is 14.7. The lowest BCUT2D eigenvalue weighted by Crippen LogP contribution is -2.44. The van der Waals surface area contributed by atoms with Crippen molar-refractivity contribution >= 4 is 22.4 Å². The third-order valence-electron chi connectivity index (χ3n) is 9.05. The highest BCUT2D eigenvalue weighted by Crippen LogP contribution is 2.38. The minimum atomic E-state index is 0.288. The quantitative estimate of drug-likeness (QED) is 0.313. The third-order valence-corrected chi connectivity index (χ3v) is 9.05. The molecule has 1 fully saturated rings. The number of aromatic nitrogens is 4. The number of benzene rings is 2. The van der Waals surface area contributed by atoms with Crippen LogP contribution in [0.15, 0.2) is 30.3 Å². The van der Waals surface area contributed by atoms with Gasteiger partial charge in [-0.3, -0.25) is 5.10 Å². The number of rotatable bonds is 5. The van der Waals surface area contributed by atoms with E-state index in [0.717, 1.165) is 72.8 Å². The number of nitrogens with zero attached hydrogens (tertiary/aromatic N) is 5. The maximum atomic E-state index is 5.80. The highest BCUT2D eigenvalue weighted by Gasteiger charge is 2.32. The Kier molecular flexibility index (Phi) is 7.03. The van der Waals surface area contributed by atoms with Crippen LogP contribution in [-0.4, -0.2) is 53.0 Å². The first kappa shape index (κ1) is 26.8. The first-order chi connectivity index (χ1) is 19.2. The van der Waals surface area contributed by atoms with E-state index in [1.54, 1.807) is 0 Å². The normalized spacial score (nSPS) is 19.5. The number of aryl methyl sites for hydroxylation is 3. The number of H-pyrrole nitrogens is 1. The Bertz CT molecular complexity index is 1560. The zero-order valence-corrected chi connectivity index (χ0v) is 25.0. The van der Waals surface area contributed by atoms with Gasteiger partial charge in [-0.2, -0.15) is 5.10 Å². The van der Waals surface area contributed by atoms with Gasteiger partial charge in [0.25, 0.3) is 0 Å². The number of methoxy groups -OCH3 is 1. The predicted octanol–water partition coefficient (Wildman–Crippen LogP) is 6.49. The third kappa shape index (κ3) is 4.64. The molecular weight excluding hydrogens is 496 g/mol. The molecule has 0 bridgehead atoms. The summed E-state index contributed by atoms with van der Waals surface area (Å²) in [5.74, 6) is 2.83. The number of piperidine rings is 1. The van der Waals surface area contributed by atoms with Crippen LogP contribution in [0, 0.1) is 26.7 Å². The van der Waals surface area contributed by atoms with Crippen molar-refractivity contribution < 1.29 is 4.74 Å². The van der Waals surface area contributed by atoms with Crippen molar-refractivity contribution in [3.05, 3.63) is 64.0 Å². The van der Waals surface area contributed by atoms with Crippen LogP contribution in [0.25, 0.3) is 22.3 Å². The highest BCUT2D eigenvalue weighted by molar-refractivity contribution is 5.96. The van der Waals surface area contributed by atoms with Gasteiger partial charge in [-0.15, -0.1) is 0 Å². The number of hydrogen-bond donors (Lipinski definition) is 1. The minimum absolute atomic E-state index is 0.288. The summed E-state index contributed by atoms with van der Waals surface area (Å²) in [6.45, 7) is 16.9. The van der Waals surface area contributed by atoms with E-state index in [0.29, 0.717) is 11.8 Å². The van der Waals surface area contributed by atoms with Crippen molar-refractivity contribution in [1.82, 2.24) is 20.2 Å². The lowest BCUT2D eigenvalue weighted by molar-refractivity contribution is 0.0443. The molecule has 2 aliphatic heterocycles. The topological polar surface area (TPSA) is 70.2 Å². The molecule has 2 aromatic heterocycles. The number of fused-ring (bicyclic) bond motifs is 2. The molecule has 0 saturated carbocycles. The lowest BCUT2D eigenvalue weighted by Gasteiger charge is -2.40. The second-order valence-electron chi connectivity index (χ2n) is 12.1. The average molecular weight is 539 g/mol. The summed E-state index contributed by atoms with van der Waals surface area (Å²) < 4.78 is 5.80. The molecule has 6 rings (SSSR count). The predicted molar refractivity (Wildman–Crippen MR) is 163 cm³/mol. The molecule has 1 N–H and O–H groups in total. The monoisotopic (exact) mass is 538 g/mol. The van der Waals surface area contributed by atoms with Gasteiger partial charge in [0.1, 0.15) is 5.82 Å². The van der Waals surface area contributed by atoms with Crippen molar-refractivity contribution in [2.24, 2.45) is 5.92 Å². The average Bonchev–Trinajstić information content (AvgIpc) is 3.32. The molecule has 7 heteroatoms. The fourth-order valence-electron chi connectivity index (χ4n) is 6.63. The molecule has 2 atom stereocenters. The van der Waals surface area contributed by atoms with E-state index in [1.807, 2.05) is 7.11 Å². The van der Waals surface area contributed by atoms with E-state index < -0.39 is 0 Å². The van der Waals surface area contributed by atoms with Crippen molar-refractivity contribution in [1.29, 1.82) is 0 Å². The van der Waals surface area contributed by atoms with Gasteiger partial charge in [0.2, 0.25) is 0 Å². The van der Waals surface area contributed by atoms with Crippen LogP contribution in [0.1, 0.15) is 66.8 Å². The molecule has 0 aliphatic carbocycles. The van der Waals surface area contributed by atoms with Gasteiger partial charge in [-0.25, -0.2) is 9.97 Å². The summed E-state index contributed by atoms with van der Waals surface area (Å²) in [4.78, 5) is 15.7. The second kappa shape index (κ2) is 10.5. The molecule has 0 unspecified atom stereocenters. The molecule has 0 radical (unpaired) electrons. The SMILES string of the molecule is CO[C@@H]1CCN(c2nc(-c3c(C)ccc4[nH]nc(C)c34)nc3c2CN(c2cc(C(C)C)ccc2C)CC3)C[C@H]1C. The number of hydrogen-bond acceptors (Lipinski definition) is 6. The summed E-state index contributed by atoms with van der Waals surface area (Å²) in [5, 5.41) is 8.82. The lowest BCUT2D eigenvalue weighted by atomic mass is 9.94. The van der Waals surface area contributed by atoms with Crippen LogP contribution in [0.4, 0.5) is 11.5 Å². The van der Waals surface area contributed by atoms with E-state index >= 15 is 0 Å². The maximum Gasteiger partial charge on any atom is 0.162 e. The van der Waals surface area contributed by atoms with Crippen molar-refractivity contribution in [2.75, 3.05) is 36.5 Å². The zero-order chi connectivity index (χ0) is 28.1. The molecule has 7 nitrogen and oxygen atoms in total. The van der Waals surface area contributed by atoms with E-state index in [2.05, 4.69) is 91.9 Å². The van der Waals surface area contributed by atoms with Gasteiger partial charge in [0.05, 0.1) is 23.0 Å². The van der Waals surface area contributed by atoms with Crippen LogP contribution in [0.3, 0.4) is 0 Å². The summed E-state index contributed by atoms with van der Waals surface area (Å²) in [5.41, 5.74) is 10.7. The highest BCUT2D eigenvalue weighted by atomic mass is 16.5. The van der Waals surface area contributed by atoms with Gasteiger partial charge in [0, 0.05) is 61.9 Å². The molecule has 4 heterocycles. The van der Waals surface area contributed by atoms with Crippen molar-refractivity contribution in [2.45, 2.75) is 73.0 Å². The Hall–Kier alpha value is -3.45. The van der Waals surface area contributed by atoms with Gasteiger partial charge in [-0.05, 0) is 67.9 Å². The zero-order valence-electron chi connectivity index (χ0n) is 25.0. The number of nitrogens with one attached hydrogen (secondary N) is 1. The first-order valence-corrected chi connectivity index (χ1v) is 14.7. The van der Waals surface area contributed by atoms with E-state index in [4.69, 9.17) is 14.7 Å². The Labute approximate surface area is 238 Å². The molecule has 210 valence electrons. The number of aromatic amines is 1. The van der Waals surface area contributed by atoms with Gasteiger partial charge in [0.15, 0.2) is 5.82 Å². The molecule has 2 aliphatic rings. The van der Waals surface area contributed by atoms with E-state index in [1.165, 1.54) is 33.6 Å². The van der Waals surface area contributed by atoms with Crippen LogP contribution in [-0.2, 0) is 17.7 Å². The Morgan fingerprint density at radius 2 is 1.80 bits per heavy atom. The largest absolute Gasteiger partial charge is 0.381 e. The summed E-state index contributed by atoms with van der Waals surface area (Å²) in [7, 11) is 1.84. The van der Waals surface area contributed by atoms with Crippen LogP contribution in [0.2, 0.25) is 0 Å². The molecule has 1 saturated heterocycles. The van der Waals surface area contributed by atoms with E-state index in [9.17, 15) is 0 Å². The molecular formula is C33H42N6O. The second-order valence-corrected chi connectivity index (χ2v) is 12.1. The smallest absolute Gasteiger partial charge is 0.162 e. The molecule has 4 aromatic rings. The summed E-state index contributed by atoms with van der Waals surface area (Å²) in [6.07, 6.45) is 2.18. The maximum absolute atomic E-state index is 5.80. The molecule has 0 spiro atoms. The van der Waals surface area contributed by atoms with Crippen LogP contribution in [0.5, 0.6) is 0 Å². The standard InChI is InChI=1S/C33H42N6O/c1-19(2)24-10-8-20(3)28(16-24)38-14-12-26-25(18-38)33(39-15-13-29(40-7)22(5)17-39)35-32(34-26)30-21(4)9-11-27-31(30)23(6)36-37-27/h8-11,16,19,22,29H,12-15,17-18H2,1-7H3,(H,36,37)/t22-,29-/m1/s1. The van der Waals surface area contributed by atoms with Crippen LogP contribution < -0.4 is 9.80 Å². The van der Waals surface area contributed by atoms with Crippen LogP contribution >= 0.6 is 0 Å². The van der Waals surface area contributed by atoms with Gasteiger partial charge in [-0.1, -0.05) is 39.0 Å². The van der Waals surface area contributed by atoms with Gasteiger partial charge >= 0.3 is 0 Å². The van der Waals surface area contributed by atoms with E-state index in [-0.39, 0.29) is 6.10 Å². The Balaban J connectivity index is 1.48. The Morgan fingerprint density at radius 1 is 1.00 bits per heavy atom. The fraction of sp³-hybridized carbons (Fsp3) is 0.485. The Morgan fingerprint density at radius 3 is 2.55 bits per heavy atom. The van der Waals surface area contributed by atoms with Gasteiger partial charge < -0.3 is 14.5 Å².